The summed E-state index contributed by atoms with van der Waals surface area (Å²) in [5.74, 6) is 6.07. The Labute approximate surface area is 129 Å². The molecule has 0 aliphatic carbocycles. The molecule has 0 spiro atoms. The van der Waals surface area contributed by atoms with Crippen LogP contribution < -0.4 is 5.46 Å². The van der Waals surface area contributed by atoms with Gasteiger partial charge in [-0.1, -0.05) is 27.9 Å². The van der Waals surface area contributed by atoms with E-state index in [4.69, 9.17) is 9.31 Å². The maximum atomic E-state index is 5.98. The van der Waals surface area contributed by atoms with Crippen LogP contribution in [0.5, 0.6) is 0 Å². The minimum atomic E-state index is -0.364. The Morgan fingerprint density at radius 1 is 1.20 bits per heavy atom. The molecular formula is C15H19BBrNO2. The average molecular weight is 336 g/mol. The second-order valence-corrected chi connectivity index (χ2v) is 6.60. The van der Waals surface area contributed by atoms with Crippen molar-refractivity contribution < 1.29 is 9.31 Å². The number of pyridine rings is 1. The molecule has 3 nitrogen and oxygen atoms in total. The van der Waals surface area contributed by atoms with Crippen LogP contribution in [-0.2, 0) is 9.31 Å². The number of nitrogens with zero attached hydrogens (tertiary/aromatic N) is 1. The molecule has 0 N–H and O–H groups in total. The Morgan fingerprint density at radius 3 is 2.35 bits per heavy atom. The molecule has 1 aliphatic heterocycles. The molecule has 1 fully saturated rings. The van der Waals surface area contributed by atoms with E-state index in [9.17, 15) is 0 Å². The molecule has 5 heteroatoms. The smallest absolute Gasteiger partial charge is 0.399 e. The zero-order valence-corrected chi connectivity index (χ0v) is 14.0. The standard InChI is InChI=1S/C15H19BBrNO2/c1-14(2)15(3,4)20-16(19-14)12-8-9-13(18-11-12)7-5-6-10-17/h8-9,11H,6,10H2,1-4H3. The van der Waals surface area contributed by atoms with Gasteiger partial charge < -0.3 is 9.31 Å². The summed E-state index contributed by atoms with van der Waals surface area (Å²) in [4.78, 5) is 4.34. The fourth-order valence-electron chi connectivity index (χ4n) is 1.80. The number of halogens is 1. The van der Waals surface area contributed by atoms with E-state index in [0.29, 0.717) is 0 Å². The van der Waals surface area contributed by atoms with Crippen molar-refractivity contribution in [2.75, 3.05) is 5.33 Å². The van der Waals surface area contributed by atoms with Crippen molar-refractivity contribution in [2.24, 2.45) is 0 Å². The fourth-order valence-corrected chi connectivity index (χ4v) is 2.00. The minimum Gasteiger partial charge on any atom is -0.399 e. The van der Waals surface area contributed by atoms with Gasteiger partial charge in [-0.2, -0.15) is 0 Å². The Bertz CT molecular complexity index is 515. The van der Waals surface area contributed by atoms with Crippen molar-refractivity contribution in [3.05, 3.63) is 24.0 Å². The summed E-state index contributed by atoms with van der Waals surface area (Å²) in [6.45, 7) is 8.17. The molecule has 0 atom stereocenters. The van der Waals surface area contributed by atoms with Gasteiger partial charge in [0.2, 0.25) is 0 Å². The number of hydrogen-bond donors (Lipinski definition) is 0. The van der Waals surface area contributed by atoms with Gasteiger partial charge in [0, 0.05) is 23.4 Å². The molecule has 20 heavy (non-hydrogen) atoms. The van der Waals surface area contributed by atoms with Crippen LogP contribution in [0.25, 0.3) is 0 Å². The summed E-state index contributed by atoms with van der Waals surface area (Å²) in [6, 6.07) is 3.87. The van der Waals surface area contributed by atoms with Crippen LogP contribution in [0.3, 0.4) is 0 Å². The SMILES string of the molecule is CC1(C)OB(c2ccc(C#CCCBr)nc2)OC1(C)C. The molecule has 1 aliphatic rings. The lowest BCUT2D eigenvalue weighted by Gasteiger charge is -2.32. The normalized spacial score (nSPS) is 19.6. The average Bonchev–Trinajstić information content (AvgIpc) is 2.60. The molecule has 2 rings (SSSR count). The second kappa shape index (κ2) is 5.89. The lowest BCUT2D eigenvalue weighted by Crippen LogP contribution is -2.41. The molecule has 0 amide bonds. The third-order valence-electron chi connectivity index (χ3n) is 3.75. The van der Waals surface area contributed by atoms with Crippen LogP contribution in [0.2, 0.25) is 0 Å². The summed E-state index contributed by atoms with van der Waals surface area (Å²) < 4.78 is 12.0. The van der Waals surface area contributed by atoms with Crippen molar-refractivity contribution in [3.8, 4) is 11.8 Å². The number of rotatable bonds is 2. The summed E-state index contributed by atoms with van der Waals surface area (Å²) >= 11 is 3.34. The van der Waals surface area contributed by atoms with Gasteiger partial charge in [-0.15, -0.1) is 0 Å². The van der Waals surface area contributed by atoms with Gasteiger partial charge in [-0.05, 0) is 39.7 Å². The molecule has 0 unspecified atom stereocenters. The van der Waals surface area contributed by atoms with E-state index in [1.165, 1.54) is 0 Å². The van der Waals surface area contributed by atoms with Crippen molar-refractivity contribution >= 4 is 28.5 Å². The molecule has 1 aromatic heterocycles. The van der Waals surface area contributed by atoms with Crippen LogP contribution in [0.4, 0.5) is 0 Å². The van der Waals surface area contributed by atoms with E-state index >= 15 is 0 Å². The first-order chi connectivity index (χ1) is 9.36. The maximum absolute atomic E-state index is 5.98. The Kier molecular flexibility index (Phi) is 4.58. The second-order valence-electron chi connectivity index (χ2n) is 5.81. The molecule has 0 aromatic carbocycles. The van der Waals surface area contributed by atoms with Crippen LogP contribution >= 0.6 is 15.9 Å². The van der Waals surface area contributed by atoms with E-state index in [1.54, 1.807) is 6.20 Å². The Morgan fingerprint density at radius 2 is 1.85 bits per heavy atom. The van der Waals surface area contributed by atoms with E-state index in [1.807, 2.05) is 39.8 Å². The topological polar surface area (TPSA) is 31.4 Å². The van der Waals surface area contributed by atoms with Gasteiger partial charge in [0.05, 0.1) is 11.2 Å². The van der Waals surface area contributed by atoms with Crippen molar-refractivity contribution in [1.29, 1.82) is 0 Å². The van der Waals surface area contributed by atoms with Crippen LogP contribution in [0.1, 0.15) is 39.8 Å². The lowest BCUT2D eigenvalue weighted by molar-refractivity contribution is 0.00578. The number of hydrogen-bond acceptors (Lipinski definition) is 3. The summed E-state index contributed by atoms with van der Waals surface area (Å²) in [6.07, 6.45) is 2.60. The Balaban J connectivity index is 2.11. The molecule has 106 valence electrons. The molecule has 1 aromatic rings. The fraction of sp³-hybridized carbons (Fsp3) is 0.533. The van der Waals surface area contributed by atoms with Gasteiger partial charge >= 0.3 is 7.12 Å². The van der Waals surface area contributed by atoms with Gasteiger partial charge in [-0.3, -0.25) is 0 Å². The van der Waals surface area contributed by atoms with E-state index in [-0.39, 0.29) is 18.3 Å². The van der Waals surface area contributed by atoms with E-state index in [2.05, 4.69) is 32.8 Å². The van der Waals surface area contributed by atoms with Crippen molar-refractivity contribution in [1.82, 2.24) is 4.98 Å². The molecule has 0 bridgehead atoms. The predicted molar refractivity (Wildman–Crippen MR) is 85.2 cm³/mol. The highest BCUT2D eigenvalue weighted by Crippen LogP contribution is 2.36. The molecular weight excluding hydrogens is 317 g/mol. The molecule has 0 radical (unpaired) electrons. The highest BCUT2D eigenvalue weighted by Gasteiger charge is 2.51. The van der Waals surface area contributed by atoms with Gasteiger partial charge in [0.15, 0.2) is 0 Å². The number of alkyl halides is 1. The Hall–Kier alpha value is -0.825. The minimum absolute atomic E-state index is 0.327. The predicted octanol–water partition coefficient (Wildman–Crippen LogP) is 2.52. The zero-order chi connectivity index (χ0) is 14.8. The van der Waals surface area contributed by atoms with E-state index in [0.717, 1.165) is 22.9 Å². The number of aromatic nitrogens is 1. The third-order valence-corrected chi connectivity index (χ3v) is 4.14. The van der Waals surface area contributed by atoms with Crippen LogP contribution in [0.15, 0.2) is 18.3 Å². The summed E-state index contributed by atoms with van der Waals surface area (Å²) in [5, 5.41) is 0.881. The first-order valence-corrected chi connectivity index (χ1v) is 7.84. The highest BCUT2D eigenvalue weighted by atomic mass is 79.9. The first kappa shape index (κ1) is 15.6. The molecule has 1 saturated heterocycles. The van der Waals surface area contributed by atoms with Crippen molar-refractivity contribution in [3.63, 3.8) is 0 Å². The van der Waals surface area contributed by atoms with Crippen LogP contribution in [0, 0.1) is 11.8 Å². The largest absolute Gasteiger partial charge is 0.496 e. The first-order valence-electron chi connectivity index (χ1n) is 6.72. The lowest BCUT2D eigenvalue weighted by atomic mass is 9.80. The monoisotopic (exact) mass is 335 g/mol. The molecule has 0 saturated carbocycles. The van der Waals surface area contributed by atoms with Gasteiger partial charge in [0.1, 0.15) is 5.69 Å². The molecule has 2 heterocycles. The quantitative estimate of drug-likeness (QED) is 0.473. The zero-order valence-electron chi connectivity index (χ0n) is 12.4. The summed E-state index contributed by atoms with van der Waals surface area (Å²) in [7, 11) is -0.364. The summed E-state index contributed by atoms with van der Waals surface area (Å²) in [5.41, 5.74) is 1.04. The van der Waals surface area contributed by atoms with Crippen molar-refractivity contribution in [2.45, 2.75) is 45.3 Å². The van der Waals surface area contributed by atoms with Gasteiger partial charge in [-0.25, -0.2) is 4.98 Å². The third kappa shape index (κ3) is 3.25. The van der Waals surface area contributed by atoms with E-state index < -0.39 is 0 Å². The van der Waals surface area contributed by atoms with Crippen LogP contribution in [-0.4, -0.2) is 28.6 Å². The van der Waals surface area contributed by atoms with Gasteiger partial charge in [0.25, 0.3) is 0 Å². The maximum Gasteiger partial charge on any atom is 0.496 e. The highest BCUT2D eigenvalue weighted by molar-refractivity contribution is 9.09.